The summed E-state index contributed by atoms with van der Waals surface area (Å²) >= 11 is 2.19. The van der Waals surface area contributed by atoms with E-state index in [0.29, 0.717) is 12.2 Å². The summed E-state index contributed by atoms with van der Waals surface area (Å²) in [6.07, 6.45) is 1.11. The van der Waals surface area contributed by atoms with Crippen molar-refractivity contribution in [2.75, 3.05) is 22.5 Å². The van der Waals surface area contributed by atoms with Crippen LogP contribution in [0, 0.1) is 0 Å². The Labute approximate surface area is 114 Å². The number of alkyl halides is 1. The van der Waals surface area contributed by atoms with Gasteiger partial charge in [-0.05, 0) is 24.3 Å². The highest BCUT2D eigenvalue weighted by Gasteiger charge is 2.15. The minimum atomic E-state index is -0.410. The fraction of sp³-hybridized carbons (Fsp3) is 0.250. The number of benzene rings is 1. The third kappa shape index (κ3) is 4.26. The number of halogens is 1. The lowest BCUT2D eigenvalue weighted by Gasteiger charge is -2.20. The smallest absolute Gasteiger partial charge is 0.414 e. The SMILES string of the molecule is C=CCOC(=O)N(CCI)c1ccc(O)cc1. The molecule has 0 bridgehead atoms. The fourth-order valence-electron chi connectivity index (χ4n) is 1.25. The largest absolute Gasteiger partial charge is 0.508 e. The van der Waals surface area contributed by atoms with Gasteiger partial charge < -0.3 is 9.84 Å². The summed E-state index contributed by atoms with van der Waals surface area (Å²) in [6, 6.07) is 6.43. The van der Waals surface area contributed by atoms with Crippen LogP contribution in [0.5, 0.6) is 5.75 Å². The molecule has 1 aromatic carbocycles. The maximum atomic E-state index is 11.8. The first-order valence-corrected chi connectivity index (χ1v) is 6.61. The van der Waals surface area contributed by atoms with Crippen molar-refractivity contribution in [1.82, 2.24) is 0 Å². The number of carbonyl (C=O) groups excluding carboxylic acids is 1. The Balaban J connectivity index is 2.80. The molecule has 0 aromatic heterocycles. The predicted molar refractivity (Wildman–Crippen MR) is 75.9 cm³/mol. The Morgan fingerprint density at radius 1 is 1.47 bits per heavy atom. The summed E-state index contributed by atoms with van der Waals surface area (Å²) in [5, 5.41) is 9.20. The van der Waals surface area contributed by atoms with Gasteiger partial charge in [-0.25, -0.2) is 4.79 Å². The molecule has 92 valence electrons. The van der Waals surface area contributed by atoms with Crippen molar-refractivity contribution in [3.8, 4) is 5.75 Å². The number of rotatable bonds is 5. The zero-order valence-corrected chi connectivity index (χ0v) is 11.5. The van der Waals surface area contributed by atoms with Crippen molar-refractivity contribution in [1.29, 1.82) is 0 Å². The van der Waals surface area contributed by atoms with Crippen molar-refractivity contribution < 1.29 is 14.6 Å². The van der Waals surface area contributed by atoms with Crippen LogP contribution in [0.4, 0.5) is 10.5 Å². The lowest BCUT2D eigenvalue weighted by molar-refractivity contribution is 0.166. The lowest BCUT2D eigenvalue weighted by atomic mass is 10.3. The number of nitrogens with zero attached hydrogens (tertiary/aromatic N) is 1. The predicted octanol–water partition coefficient (Wildman–Crippen LogP) is 2.96. The summed E-state index contributed by atoms with van der Waals surface area (Å²) in [6.45, 7) is 4.24. The number of ether oxygens (including phenoxy) is 1. The van der Waals surface area contributed by atoms with Crippen LogP contribution >= 0.6 is 22.6 Å². The molecule has 0 heterocycles. The molecule has 0 aliphatic heterocycles. The molecular formula is C12H14INO3. The second-order valence-corrected chi connectivity index (χ2v) is 4.30. The van der Waals surface area contributed by atoms with E-state index >= 15 is 0 Å². The molecular weight excluding hydrogens is 333 g/mol. The number of hydrogen-bond acceptors (Lipinski definition) is 3. The van der Waals surface area contributed by atoms with E-state index in [4.69, 9.17) is 4.74 Å². The zero-order chi connectivity index (χ0) is 12.7. The minimum Gasteiger partial charge on any atom is -0.508 e. The van der Waals surface area contributed by atoms with Gasteiger partial charge in [0.1, 0.15) is 12.4 Å². The molecule has 1 amide bonds. The number of phenols is 1. The Morgan fingerprint density at radius 3 is 2.65 bits per heavy atom. The van der Waals surface area contributed by atoms with Gasteiger partial charge >= 0.3 is 6.09 Å². The van der Waals surface area contributed by atoms with Crippen molar-refractivity contribution in [2.45, 2.75) is 0 Å². The molecule has 0 saturated heterocycles. The number of carbonyl (C=O) groups is 1. The third-order valence-electron chi connectivity index (χ3n) is 2.01. The van der Waals surface area contributed by atoms with Gasteiger partial charge in [0.25, 0.3) is 0 Å². The maximum Gasteiger partial charge on any atom is 0.414 e. The molecule has 17 heavy (non-hydrogen) atoms. The molecule has 0 aliphatic rings. The van der Waals surface area contributed by atoms with Gasteiger partial charge in [-0.15, -0.1) is 0 Å². The van der Waals surface area contributed by atoms with E-state index in [9.17, 15) is 9.90 Å². The van der Waals surface area contributed by atoms with E-state index in [1.54, 1.807) is 12.1 Å². The number of amides is 1. The Hall–Kier alpha value is -1.24. The first-order chi connectivity index (χ1) is 8.19. The standard InChI is InChI=1S/C12H14INO3/c1-2-9-17-12(16)14(8-7-13)10-3-5-11(15)6-4-10/h2-6,15H,1,7-9H2. The van der Waals surface area contributed by atoms with Crippen LogP contribution in [0.2, 0.25) is 0 Å². The van der Waals surface area contributed by atoms with Gasteiger partial charge in [0.15, 0.2) is 0 Å². The van der Waals surface area contributed by atoms with Crippen molar-refractivity contribution in [3.63, 3.8) is 0 Å². The average molecular weight is 347 g/mol. The van der Waals surface area contributed by atoms with Crippen LogP contribution in [-0.4, -0.2) is 28.8 Å². The highest BCUT2D eigenvalue weighted by atomic mass is 127. The van der Waals surface area contributed by atoms with E-state index in [-0.39, 0.29) is 12.4 Å². The van der Waals surface area contributed by atoms with E-state index in [0.717, 1.165) is 4.43 Å². The highest BCUT2D eigenvalue weighted by Crippen LogP contribution is 2.19. The molecule has 0 saturated carbocycles. The van der Waals surface area contributed by atoms with E-state index in [1.807, 2.05) is 0 Å². The minimum absolute atomic E-state index is 0.169. The lowest BCUT2D eigenvalue weighted by Crippen LogP contribution is -2.33. The Kier molecular flexibility index (Phi) is 5.82. The monoisotopic (exact) mass is 347 g/mol. The first-order valence-electron chi connectivity index (χ1n) is 5.09. The molecule has 5 heteroatoms. The second kappa shape index (κ2) is 7.16. The number of hydrogen-bond donors (Lipinski definition) is 1. The summed E-state index contributed by atoms with van der Waals surface area (Å²) < 4.78 is 5.79. The molecule has 0 fully saturated rings. The van der Waals surface area contributed by atoms with Crippen LogP contribution in [-0.2, 0) is 4.74 Å². The van der Waals surface area contributed by atoms with Crippen LogP contribution in [0.15, 0.2) is 36.9 Å². The number of anilines is 1. The van der Waals surface area contributed by atoms with Crippen LogP contribution in [0.3, 0.4) is 0 Å². The van der Waals surface area contributed by atoms with Crippen LogP contribution < -0.4 is 4.90 Å². The fourth-order valence-corrected chi connectivity index (χ4v) is 1.73. The van der Waals surface area contributed by atoms with Crippen molar-refractivity contribution in [2.24, 2.45) is 0 Å². The second-order valence-electron chi connectivity index (χ2n) is 3.22. The zero-order valence-electron chi connectivity index (χ0n) is 9.30. The molecule has 0 spiro atoms. The topological polar surface area (TPSA) is 49.8 Å². The van der Waals surface area contributed by atoms with Gasteiger partial charge in [0, 0.05) is 16.7 Å². The summed E-state index contributed by atoms with van der Waals surface area (Å²) in [5.41, 5.74) is 0.702. The van der Waals surface area contributed by atoms with Crippen LogP contribution in [0.25, 0.3) is 0 Å². The first kappa shape index (κ1) is 13.8. The molecule has 0 atom stereocenters. The molecule has 1 rings (SSSR count). The molecule has 1 aromatic rings. The van der Waals surface area contributed by atoms with Gasteiger partial charge in [-0.3, -0.25) is 4.90 Å². The molecule has 0 radical (unpaired) electrons. The molecule has 4 nitrogen and oxygen atoms in total. The molecule has 0 aliphatic carbocycles. The van der Waals surface area contributed by atoms with E-state index in [2.05, 4.69) is 29.2 Å². The molecule has 0 unspecified atom stereocenters. The van der Waals surface area contributed by atoms with E-state index in [1.165, 1.54) is 23.1 Å². The van der Waals surface area contributed by atoms with Gasteiger partial charge in [-0.1, -0.05) is 35.2 Å². The maximum absolute atomic E-state index is 11.8. The summed E-state index contributed by atoms with van der Waals surface area (Å²) in [5.74, 6) is 0.169. The highest BCUT2D eigenvalue weighted by molar-refractivity contribution is 14.1. The van der Waals surface area contributed by atoms with Gasteiger partial charge in [0.05, 0.1) is 0 Å². The Bertz CT molecular complexity index is 378. The number of phenolic OH excluding ortho intramolecular Hbond substituents is 1. The normalized spacial score (nSPS) is 9.71. The van der Waals surface area contributed by atoms with E-state index < -0.39 is 6.09 Å². The molecule has 1 N–H and O–H groups in total. The van der Waals surface area contributed by atoms with Gasteiger partial charge in [0.2, 0.25) is 0 Å². The Morgan fingerprint density at radius 2 is 2.12 bits per heavy atom. The summed E-state index contributed by atoms with van der Waals surface area (Å²) in [4.78, 5) is 13.3. The van der Waals surface area contributed by atoms with Crippen LogP contribution in [0.1, 0.15) is 0 Å². The average Bonchev–Trinajstić information content (AvgIpc) is 2.34. The van der Waals surface area contributed by atoms with Crippen molar-refractivity contribution >= 4 is 34.4 Å². The van der Waals surface area contributed by atoms with Crippen molar-refractivity contribution in [3.05, 3.63) is 36.9 Å². The van der Waals surface area contributed by atoms with Gasteiger partial charge in [-0.2, -0.15) is 0 Å². The summed E-state index contributed by atoms with van der Waals surface area (Å²) in [7, 11) is 0. The third-order valence-corrected chi connectivity index (χ3v) is 2.50. The quantitative estimate of drug-likeness (QED) is 0.506. The number of aromatic hydroxyl groups is 1.